The Morgan fingerprint density at radius 2 is 2.00 bits per heavy atom. The smallest absolute Gasteiger partial charge is 0.161 e. The molecule has 2 aliphatic heterocycles. The number of fused-ring (bicyclic) bond motifs is 3. The van der Waals surface area contributed by atoms with Crippen molar-refractivity contribution < 1.29 is 14.7 Å². The first-order valence-electron chi connectivity index (χ1n) is 8.82. The molecule has 0 aliphatic carbocycles. The van der Waals surface area contributed by atoms with Crippen molar-refractivity contribution in [2.24, 2.45) is 17.0 Å². The Labute approximate surface area is 144 Å². The first-order valence-corrected chi connectivity index (χ1v) is 8.82. The van der Waals surface area contributed by atoms with Crippen LogP contribution in [0.2, 0.25) is 0 Å². The minimum Gasteiger partial charge on any atom is -0.493 e. The molecule has 3 rings (SSSR count). The van der Waals surface area contributed by atoms with Crippen molar-refractivity contribution in [3.63, 3.8) is 0 Å². The van der Waals surface area contributed by atoms with Gasteiger partial charge >= 0.3 is 0 Å². The van der Waals surface area contributed by atoms with Gasteiger partial charge in [-0.25, -0.2) is 0 Å². The lowest BCUT2D eigenvalue weighted by molar-refractivity contribution is 0.133. The summed E-state index contributed by atoms with van der Waals surface area (Å²) in [6.07, 6.45) is 2.91. The summed E-state index contributed by atoms with van der Waals surface area (Å²) in [7, 11) is 3.35. The maximum absolute atomic E-state index is 9.55. The molecule has 0 saturated carbocycles. The van der Waals surface area contributed by atoms with E-state index in [9.17, 15) is 5.21 Å². The van der Waals surface area contributed by atoms with E-state index in [2.05, 4.69) is 36.0 Å². The predicted molar refractivity (Wildman–Crippen MR) is 94.3 cm³/mol. The SMILES string of the molecule is CCC(C)C1CN2CCc3cc(OC)c(OC)cc3C2CC1=NO. The summed E-state index contributed by atoms with van der Waals surface area (Å²) in [6, 6.07) is 4.46. The molecule has 0 aromatic heterocycles. The van der Waals surface area contributed by atoms with Crippen molar-refractivity contribution in [2.75, 3.05) is 27.3 Å². The van der Waals surface area contributed by atoms with E-state index < -0.39 is 0 Å². The fraction of sp³-hybridized carbons (Fsp3) is 0.632. The first kappa shape index (κ1) is 17.1. The predicted octanol–water partition coefficient (Wildman–Crippen LogP) is 3.50. The van der Waals surface area contributed by atoms with Crippen molar-refractivity contribution >= 4 is 5.71 Å². The third kappa shape index (κ3) is 2.86. The van der Waals surface area contributed by atoms with Gasteiger partial charge in [0, 0.05) is 31.5 Å². The van der Waals surface area contributed by atoms with Crippen LogP contribution in [0.3, 0.4) is 0 Å². The zero-order valence-electron chi connectivity index (χ0n) is 15.1. The van der Waals surface area contributed by atoms with Gasteiger partial charge in [0.15, 0.2) is 11.5 Å². The Hall–Kier alpha value is -1.75. The highest BCUT2D eigenvalue weighted by atomic mass is 16.5. The molecule has 0 bridgehead atoms. The van der Waals surface area contributed by atoms with Gasteiger partial charge in [0.25, 0.3) is 0 Å². The van der Waals surface area contributed by atoms with Gasteiger partial charge in [-0.05, 0) is 35.6 Å². The van der Waals surface area contributed by atoms with E-state index in [1.54, 1.807) is 14.2 Å². The second-order valence-corrected chi connectivity index (χ2v) is 6.95. The number of oxime groups is 1. The molecule has 1 aromatic rings. The van der Waals surface area contributed by atoms with Crippen molar-refractivity contribution in [2.45, 2.75) is 39.2 Å². The molecular weight excluding hydrogens is 304 g/mol. The van der Waals surface area contributed by atoms with Crippen LogP contribution in [-0.2, 0) is 6.42 Å². The monoisotopic (exact) mass is 332 g/mol. The molecule has 2 aliphatic rings. The molecule has 132 valence electrons. The Kier molecular flexibility index (Phi) is 4.99. The maximum atomic E-state index is 9.55. The Morgan fingerprint density at radius 1 is 1.29 bits per heavy atom. The molecule has 1 fully saturated rings. The van der Waals surface area contributed by atoms with Crippen LogP contribution in [0.5, 0.6) is 11.5 Å². The van der Waals surface area contributed by atoms with Crippen LogP contribution >= 0.6 is 0 Å². The molecule has 5 nitrogen and oxygen atoms in total. The fourth-order valence-electron chi connectivity index (χ4n) is 4.15. The highest BCUT2D eigenvalue weighted by molar-refractivity contribution is 5.88. The topological polar surface area (TPSA) is 54.3 Å². The van der Waals surface area contributed by atoms with E-state index in [0.717, 1.165) is 49.6 Å². The number of hydrogen-bond acceptors (Lipinski definition) is 5. The Balaban J connectivity index is 1.95. The Morgan fingerprint density at radius 3 is 2.62 bits per heavy atom. The number of ether oxygens (including phenoxy) is 2. The van der Waals surface area contributed by atoms with Gasteiger partial charge in [-0.3, -0.25) is 4.90 Å². The molecule has 0 radical (unpaired) electrons. The molecule has 3 unspecified atom stereocenters. The van der Waals surface area contributed by atoms with Crippen molar-refractivity contribution in [1.82, 2.24) is 4.90 Å². The van der Waals surface area contributed by atoms with E-state index in [0.29, 0.717) is 11.8 Å². The molecule has 5 heteroatoms. The normalized spacial score (nSPS) is 26.6. The second-order valence-electron chi connectivity index (χ2n) is 6.95. The highest BCUT2D eigenvalue weighted by Gasteiger charge is 2.39. The number of rotatable bonds is 4. The van der Waals surface area contributed by atoms with Crippen molar-refractivity contribution in [3.8, 4) is 11.5 Å². The number of benzene rings is 1. The average molecular weight is 332 g/mol. The molecule has 1 aromatic carbocycles. The van der Waals surface area contributed by atoms with Gasteiger partial charge in [0.05, 0.1) is 19.9 Å². The summed E-state index contributed by atoms with van der Waals surface area (Å²) < 4.78 is 10.9. The van der Waals surface area contributed by atoms with Gasteiger partial charge in [-0.2, -0.15) is 0 Å². The molecule has 1 N–H and O–H groups in total. The van der Waals surface area contributed by atoms with Crippen LogP contribution in [0.15, 0.2) is 17.3 Å². The van der Waals surface area contributed by atoms with Gasteiger partial charge in [-0.15, -0.1) is 0 Å². The standard InChI is InChI=1S/C19H28N2O3/c1-5-12(2)15-11-21-7-6-13-8-18(23-3)19(24-4)9-14(13)17(21)10-16(15)20-22/h8-9,12,15,17,22H,5-7,10-11H2,1-4H3. The first-order chi connectivity index (χ1) is 11.6. The molecule has 24 heavy (non-hydrogen) atoms. The lowest BCUT2D eigenvalue weighted by atomic mass is 9.77. The molecule has 2 heterocycles. The summed E-state index contributed by atoms with van der Waals surface area (Å²) in [5, 5.41) is 13.2. The van der Waals surface area contributed by atoms with Crippen LogP contribution in [0.4, 0.5) is 0 Å². The van der Waals surface area contributed by atoms with E-state index in [4.69, 9.17) is 9.47 Å². The largest absolute Gasteiger partial charge is 0.493 e. The molecule has 0 spiro atoms. The average Bonchev–Trinajstić information content (AvgIpc) is 2.64. The lowest BCUT2D eigenvalue weighted by Crippen LogP contribution is -2.48. The van der Waals surface area contributed by atoms with Crippen molar-refractivity contribution in [1.29, 1.82) is 0 Å². The highest BCUT2D eigenvalue weighted by Crippen LogP contribution is 2.43. The summed E-state index contributed by atoms with van der Waals surface area (Å²) in [5.74, 6) is 2.43. The molecule has 0 amide bonds. The van der Waals surface area contributed by atoms with Crippen LogP contribution in [0.25, 0.3) is 0 Å². The van der Waals surface area contributed by atoms with Gasteiger partial charge < -0.3 is 14.7 Å². The summed E-state index contributed by atoms with van der Waals surface area (Å²) in [4.78, 5) is 2.54. The third-order valence-electron chi connectivity index (χ3n) is 5.83. The van der Waals surface area contributed by atoms with Gasteiger partial charge in [-0.1, -0.05) is 25.4 Å². The van der Waals surface area contributed by atoms with Crippen LogP contribution < -0.4 is 9.47 Å². The number of piperidine rings is 1. The molecular formula is C19H28N2O3. The Bertz CT molecular complexity index is 629. The van der Waals surface area contributed by atoms with Crippen molar-refractivity contribution in [3.05, 3.63) is 23.3 Å². The summed E-state index contributed by atoms with van der Waals surface area (Å²) >= 11 is 0. The van der Waals surface area contributed by atoms with Gasteiger partial charge in [0.1, 0.15) is 0 Å². The second kappa shape index (κ2) is 7.01. The van der Waals surface area contributed by atoms with Crippen LogP contribution in [0.1, 0.15) is 43.9 Å². The van der Waals surface area contributed by atoms with E-state index in [-0.39, 0.29) is 6.04 Å². The van der Waals surface area contributed by atoms with Crippen LogP contribution in [-0.4, -0.2) is 43.1 Å². The minimum atomic E-state index is 0.264. The number of hydrogen-bond donors (Lipinski definition) is 1. The minimum absolute atomic E-state index is 0.264. The quantitative estimate of drug-likeness (QED) is 0.677. The van der Waals surface area contributed by atoms with Gasteiger partial charge in [0.2, 0.25) is 0 Å². The number of methoxy groups -OCH3 is 2. The number of nitrogens with zero attached hydrogens (tertiary/aromatic N) is 2. The fourth-order valence-corrected chi connectivity index (χ4v) is 4.15. The van der Waals surface area contributed by atoms with Crippen LogP contribution in [0, 0.1) is 11.8 Å². The molecule has 3 atom stereocenters. The zero-order valence-corrected chi connectivity index (χ0v) is 15.1. The van der Waals surface area contributed by atoms with E-state index >= 15 is 0 Å². The summed E-state index contributed by atoms with van der Waals surface area (Å²) in [6.45, 7) is 6.46. The molecule has 1 saturated heterocycles. The summed E-state index contributed by atoms with van der Waals surface area (Å²) in [5.41, 5.74) is 3.53. The third-order valence-corrected chi connectivity index (χ3v) is 5.83. The maximum Gasteiger partial charge on any atom is 0.161 e. The van der Waals surface area contributed by atoms with E-state index in [1.165, 1.54) is 11.1 Å². The lowest BCUT2D eigenvalue weighted by Gasteiger charge is -2.45. The van der Waals surface area contributed by atoms with E-state index in [1.807, 2.05) is 0 Å². The zero-order chi connectivity index (χ0) is 17.3.